The van der Waals surface area contributed by atoms with Gasteiger partial charge in [-0.3, -0.25) is 14.5 Å². The van der Waals surface area contributed by atoms with Gasteiger partial charge < -0.3 is 15.1 Å². The molecule has 1 aromatic rings. The fourth-order valence-corrected chi connectivity index (χ4v) is 5.64. The normalized spacial score (nSPS) is 22.3. The van der Waals surface area contributed by atoms with Crippen LogP contribution in [-0.4, -0.2) is 73.0 Å². The van der Waals surface area contributed by atoms with Crippen molar-refractivity contribution >= 4 is 17.5 Å². The van der Waals surface area contributed by atoms with Crippen LogP contribution in [-0.2, 0) is 16.0 Å². The highest BCUT2D eigenvalue weighted by molar-refractivity contribution is 6.01. The van der Waals surface area contributed by atoms with Gasteiger partial charge in [0.25, 0.3) is 0 Å². The molecular formula is C26H40N4O2. The molecule has 3 aliphatic heterocycles. The van der Waals surface area contributed by atoms with Gasteiger partial charge in [-0.25, -0.2) is 0 Å². The summed E-state index contributed by atoms with van der Waals surface area (Å²) in [5.74, 6) is -0.00645. The lowest BCUT2D eigenvalue weighted by Gasteiger charge is -2.40. The van der Waals surface area contributed by atoms with E-state index in [1.807, 2.05) is 25.1 Å². The fraction of sp³-hybridized carbons (Fsp3) is 0.692. The first-order valence-corrected chi connectivity index (χ1v) is 12.8. The third-order valence-corrected chi connectivity index (χ3v) is 7.54. The number of hydrogen-bond acceptors (Lipinski definition) is 4. The van der Waals surface area contributed by atoms with Crippen molar-refractivity contribution < 1.29 is 9.59 Å². The molecule has 176 valence electrons. The molecule has 4 rings (SSSR count). The Labute approximate surface area is 193 Å². The zero-order valence-electron chi connectivity index (χ0n) is 19.7. The number of hydrogen-bond donors (Lipinski definition) is 1. The first kappa shape index (κ1) is 23.2. The number of amides is 2. The van der Waals surface area contributed by atoms with Crippen LogP contribution >= 0.6 is 0 Å². The summed E-state index contributed by atoms with van der Waals surface area (Å²) in [7, 11) is 0. The standard InChI is InChI=1S/C26H40N4O2/c1-21(30-24-11-4-3-9-22(24)10-7-12-25(30)31)26(32)27-15-8-16-28-19-13-23(14-20-28)29-17-5-2-6-18-29/h3-4,9,11,21,23H,2,5-8,10,12-20H2,1H3,(H,27,32)/t21-/m1/s1. The predicted molar refractivity (Wildman–Crippen MR) is 129 cm³/mol. The molecule has 1 atom stereocenters. The quantitative estimate of drug-likeness (QED) is 0.662. The number of likely N-dealkylation sites (tertiary alicyclic amines) is 2. The Balaban J connectivity index is 1.19. The summed E-state index contributed by atoms with van der Waals surface area (Å²) in [6.45, 7) is 8.47. The third-order valence-electron chi connectivity index (χ3n) is 7.54. The number of nitrogens with zero attached hydrogens (tertiary/aromatic N) is 3. The van der Waals surface area contributed by atoms with Crippen molar-refractivity contribution in [3.63, 3.8) is 0 Å². The molecule has 0 radical (unpaired) electrons. The number of benzene rings is 1. The molecule has 0 saturated carbocycles. The number of para-hydroxylation sites is 1. The number of aryl methyl sites for hydroxylation is 1. The molecule has 0 unspecified atom stereocenters. The number of rotatable bonds is 7. The zero-order chi connectivity index (χ0) is 22.3. The SMILES string of the molecule is C[C@H](C(=O)NCCCN1CCC(N2CCCCC2)CC1)N1C(=O)CCCc2ccccc21. The highest BCUT2D eigenvalue weighted by Crippen LogP contribution is 2.28. The molecule has 2 saturated heterocycles. The Hall–Kier alpha value is -1.92. The summed E-state index contributed by atoms with van der Waals surface area (Å²) in [5.41, 5.74) is 2.06. The Morgan fingerprint density at radius 3 is 2.56 bits per heavy atom. The molecule has 6 nitrogen and oxygen atoms in total. The summed E-state index contributed by atoms with van der Waals surface area (Å²) in [4.78, 5) is 32.6. The van der Waals surface area contributed by atoms with Crippen molar-refractivity contribution in [2.45, 2.75) is 76.8 Å². The number of carbonyl (C=O) groups excluding carboxylic acids is 2. The number of piperidine rings is 2. The van der Waals surface area contributed by atoms with E-state index in [1.165, 1.54) is 58.3 Å². The Kier molecular flexibility index (Phi) is 8.20. The van der Waals surface area contributed by atoms with E-state index in [-0.39, 0.29) is 11.8 Å². The van der Waals surface area contributed by atoms with Crippen LogP contribution in [0.5, 0.6) is 0 Å². The van der Waals surface area contributed by atoms with E-state index in [4.69, 9.17) is 0 Å². The second kappa shape index (κ2) is 11.3. The van der Waals surface area contributed by atoms with Crippen molar-refractivity contribution in [3.8, 4) is 0 Å². The van der Waals surface area contributed by atoms with Crippen LogP contribution in [0, 0.1) is 0 Å². The number of nitrogens with one attached hydrogen (secondary N) is 1. The maximum absolute atomic E-state index is 12.9. The van der Waals surface area contributed by atoms with Crippen LogP contribution in [0.25, 0.3) is 0 Å². The van der Waals surface area contributed by atoms with E-state index < -0.39 is 6.04 Å². The molecule has 32 heavy (non-hydrogen) atoms. The Morgan fingerprint density at radius 2 is 1.78 bits per heavy atom. The van der Waals surface area contributed by atoms with Crippen molar-refractivity contribution in [2.24, 2.45) is 0 Å². The maximum atomic E-state index is 12.9. The third kappa shape index (κ3) is 5.70. The molecular weight excluding hydrogens is 400 g/mol. The second-order valence-corrected chi connectivity index (χ2v) is 9.74. The molecule has 1 aromatic carbocycles. The molecule has 0 aromatic heterocycles. The van der Waals surface area contributed by atoms with Gasteiger partial charge in [0.2, 0.25) is 11.8 Å². The van der Waals surface area contributed by atoms with Crippen molar-refractivity contribution in [1.82, 2.24) is 15.1 Å². The van der Waals surface area contributed by atoms with Gasteiger partial charge in [-0.1, -0.05) is 24.6 Å². The minimum atomic E-state index is -0.484. The minimum absolute atomic E-state index is 0.0502. The summed E-state index contributed by atoms with van der Waals surface area (Å²) in [5, 5.41) is 3.08. The molecule has 1 N–H and O–H groups in total. The summed E-state index contributed by atoms with van der Waals surface area (Å²) >= 11 is 0. The Bertz CT molecular complexity index is 769. The van der Waals surface area contributed by atoms with Crippen LogP contribution in [0.2, 0.25) is 0 Å². The van der Waals surface area contributed by atoms with Crippen LogP contribution in [0.4, 0.5) is 5.69 Å². The molecule has 0 spiro atoms. The van der Waals surface area contributed by atoms with E-state index >= 15 is 0 Å². The number of fused-ring (bicyclic) bond motifs is 1. The van der Waals surface area contributed by atoms with E-state index in [0.717, 1.165) is 43.1 Å². The van der Waals surface area contributed by atoms with Crippen molar-refractivity contribution in [2.75, 3.05) is 44.2 Å². The van der Waals surface area contributed by atoms with Gasteiger partial charge in [-0.2, -0.15) is 0 Å². The number of carbonyl (C=O) groups is 2. The number of anilines is 1. The Morgan fingerprint density at radius 1 is 1.03 bits per heavy atom. The van der Waals surface area contributed by atoms with Gasteiger partial charge in [0, 0.05) is 24.7 Å². The predicted octanol–water partition coefficient (Wildman–Crippen LogP) is 3.20. The molecule has 3 heterocycles. The van der Waals surface area contributed by atoms with Gasteiger partial charge in [-0.15, -0.1) is 0 Å². The van der Waals surface area contributed by atoms with Crippen molar-refractivity contribution in [3.05, 3.63) is 29.8 Å². The first-order chi connectivity index (χ1) is 15.6. The minimum Gasteiger partial charge on any atom is -0.354 e. The molecule has 0 aliphatic carbocycles. The average Bonchev–Trinajstić information content (AvgIpc) is 3.00. The second-order valence-electron chi connectivity index (χ2n) is 9.74. The smallest absolute Gasteiger partial charge is 0.242 e. The maximum Gasteiger partial charge on any atom is 0.242 e. The van der Waals surface area contributed by atoms with Crippen LogP contribution in [0.15, 0.2) is 24.3 Å². The highest BCUT2D eigenvalue weighted by Gasteiger charge is 2.30. The molecule has 3 aliphatic rings. The molecule has 2 fully saturated rings. The van der Waals surface area contributed by atoms with E-state index in [1.54, 1.807) is 4.90 Å². The van der Waals surface area contributed by atoms with Gasteiger partial charge in [-0.05, 0) is 96.2 Å². The summed E-state index contributed by atoms with van der Waals surface area (Å²) < 4.78 is 0. The van der Waals surface area contributed by atoms with E-state index in [2.05, 4.69) is 21.2 Å². The molecule has 2 amide bonds. The lowest BCUT2D eigenvalue weighted by atomic mass is 10.00. The summed E-state index contributed by atoms with van der Waals surface area (Å²) in [6, 6.07) is 8.29. The molecule has 0 bridgehead atoms. The van der Waals surface area contributed by atoms with Gasteiger partial charge >= 0.3 is 0 Å². The highest BCUT2D eigenvalue weighted by atomic mass is 16.2. The largest absolute Gasteiger partial charge is 0.354 e. The topological polar surface area (TPSA) is 55.9 Å². The van der Waals surface area contributed by atoms with E-state index in [9.17, 15) is 9.59 Å². The first-order valence-electron chi connectivity index (χ1n) is 12.8. The van der Waals surface area contributed by atoms with E-state index in [0.29, 0.717) is 13.0 Å². The van der Waals surface area contributed by atoms with Crippen molar-refractivity contribution in [1.29, 1.82) is 0 Å². The van der Waals surface area contributed by atoms with Gasteiger partial charge in [0.15, 0.2) is 0 Å². The summed E-state index contributed by atoms with van der Waals surface area (Å²) in [6.07, 6.45) is 9.88. The average molecular weight is 441 g/mol. The monoisotopic (exact) mass is 440 g/mol. The van der Waals surface area contributed by atoms with Gasteiger partial charge in [0.1, 0.15) is 6.04 Å². The van der Waals surface area contributed by atoms with Crippen LogP contribution < -0.4 is 10.2 Å². The van der Waals surface area contributed by atoms with Crippen LogP contribution in [0.1, 0.15) is 63.9 Å². The molecule has 6 heteroatoms. The lowest BCUT2D eigenvalue weighted by molar-refractivity contribution is -0.126. The van der Waals surface area contributed by atoms with Crippen LogP contribution in [0.3, 0.4) is 0 Å². The fourth-order valence-electron chi connectivity index (χ4n) is 5.64. The van der Waals surface area contributed by atoms with Gasteiger partial charge in [0.05, 0.1) is 0 Å². The lowest BCUT2D eigenvalue weighted by Crippen LogP contribution is -2.49. The zero-order valence-corrected chi connectivity index (χ0v) is 19.7.